The summed E-state index contributed by atoms with van der Waals surface area (Å²) in [6, 6.07) is 0. The number of rotatable bonds is 3. The van der Waals surface area contributed by atoms with Gasteiger partial charge in [-0.1, -0.05) is 13.8 Å². The molecule has 0 aliphatic carbocycles. The molecule has 0 bridgehead atoms. The monoisotopic (exact) mass is 186 g/mol. The number of esters is 1. The number of cyclic esters (lactones) is 1. The Bertz CT molecular complexity index is 177. The number of ether oxygens (including phenoxy) is 2. The summed E-state index contributed by atoms with van der Waals surface area (Å²) < 4.78 is 10.5. The smallest absolute Gasteiger partial charge is 0.306 e. The molecule has 0 N–H and O–H groups in total. The van der Waals surface area contributed by atoms with Gasteiger partial charge in [0.15, 0.2) is 0 Å². The molecule has 13 heavy (non-hydrogen) atoms. The van der Waals surface area contributed by atoms with E-state index in [-0.39, 0.29) is 18.2 Å². The average Bonchev–Trinajstić information content (AvgIpc) is 2.03. The second kappa shape index (κ2) is 4.61. The van der Waals surface area contributed by atoms with E-state index in [0.717, 1.165) is 12.8 Å². The minimum atomic E-state index is -0.0843. The van der Waals surface area contributed by atoms with Crippen molar-refractivity contribution in [3.63, 3.8) is 0 Å². The van der Waals surface area contributed by atoms with Crippen LogP contribution in [0.25, 0.3) is 0 Å². The zero-order valence-corrected chi connectivity index (χ0v) is 8.58. The van der Waals surface area contributed by atoms with Gasteiger partial charge in [-0.15, -0.1) is 0 Å². The number of hydrogen-bond donors (Lipinski definition) is 0. The fourth-order valence-corrected chi connectivity index (χ4v) is 1.68. The molecule has 1 aliphatic heterocycles. The maximum Gasteiger partial charge on any atom is 0.306 e. The van der Waals surface area contributed by atoms with E-state index in [9.17, 15) is 4.79 Å². The highest BCUT2D eigenvalue weighted by Crippen LogP contribution is 2.22. The van der Waals surface area contributed by atoms with E-state index in [1.165, 1.54) is 0 Å². The van der Waals surface area contributed by atoms with Crippen molar-refractivity contribution in [3.05, 3.63) is 0 Å². The summed E-state index contributed by atoms with van der Waals surface area (Å²) in [6.45, 7) is 4.24. The van der Waals surface area contributed by atoms with Crippen LogP contribution in [-0.4, -0.2) is 25.3 Å². The van der Waals surface area contributed by atoms with E-state index in [0.29, 0.717) is 12.3 Å². The Kier molecular flexibility index (Phi) is 3.72. The molecular formula is C10H18O3. The van der Waals surface area contributed by atoms with Crippen LogP contribution >= 0.6 is 0 Å². The second-order valence-corrected chi connectivity index (χ2v) is 3.97. The van der Waals surface area contributed by atoms with E-state index in [1.54, 1.807) is 7.11 Å². The normalized spacial score (nSPS) is 29.1. The lowest BCUT2D eigenvalue weighted by molar-refractivity contribution is -0.167. The third-order valence-corrected chi connectivity index (χ3v) is 2.34. The van der Waals surface area contributed by atoms with E-state index in [1.807, 2.05) is 0 Å². The zero-order valence-electron chi connectivity index (χ0n) is 8.58. The van der Waals surface area contributed by atoms with Crippen LogP contribution < -0.4 is 0 Å². The van der Waals surface area contributed by atoms with Crippen LogP contribution in [0.1, 0.15) is 33.1 Å². The van der Waals surface area contributed by atoms with Crippen molar-refractivity contribution in [1.82, 2.24) is 0 Å². The number of hydrogen-bond acceptors (Lipinski definition) is 3. The molecule has 0 radical (unpaired) electrons. The first-order valence-corrected chi connectivity index (χ1v) is 4.85. The molecule has 0 amide bonds. The quantitative estimate of drug-likeness (QED) is 0.630. The van der Waals surface area contributed by atoms with E-state index in [4.69, 9.17) is 9.47 Å². The summed E-state index contributed by atoms with van der Waals surface area (Å²) >= 11 is 0. The highest BCUT2D eigenvalue weighted by molar-refractivity contribution is 5.70. The second-order valence-electron chi connectivity index (χ2n) is 3.97. The Morgan fingerprint density at radius 3 is 2.85 bits per heavy atom. The van der Waals surface area contributed by atoms with Crippen molar-refractivity contribution in [3.8, 4) is 0 Å². The van der Waals surface area contributed by atoms with Crippen LogP contribution in [0.3, 0.4) is 0 Å². The Labute approximate surface area is 79.4 Å². The summed E-state index contributed by atoms with van der Waals surface area (Å²) in [5.74, 6) is 0.451. The fraction of sp³-hybridized carbons (Fsp3) is 0.900. The van der Waals surface area contributed by atoms with Crippen LogP contribution in [0, 0.1) is 5.92 Å². The number of methoxy groups -OCH3 is 1. The van der Waals surface area contributed by atoms with Crippen molar-refractivity contribution in [2.45, 2.75) is 45.3 Å². The minimum Gasteiger partial charge on any atom is -0.460 e. The van der Waals surface area contributed by atoms with Gasteiger partial charge in [0.05, 0.1) is 6.10 Å². The van der Waals surface area contributed by atoms with Gasteiger partial charge < -0.3 is 9.47 Å². The van der Waals surface area contributed by atoms with Gasteiger partial charge in [0, 0.05) is 13.5 Å². The van der Waals surface area contributed by atoms with Crippen molar-refractivity contribution in [2.75, 3.05) is 7.11 Å². The predicted molar refractivity (Wildman–Crippen MR) is 49.4 cm³/mol. The molecule has 1 aliphatic rings. The van der Waals surface area contributed by atoms with Gasteiger partial charge in [-0.05, 0) is 18.8 Å². The molecule has 0 spiro atoms. The van der Waals surface area contributed by atoms with Crippen molar-refractivity contribution < 1.29 is 14.3 Å². The molecule has 76 valence electrons. The largest absolute Gasteiger partial charge is 0.460 e. The van der Waals surface area contributed by atoms with Crippen LogP contribution in [0.4, 0.5) is 0 Å². The van der Waals surface area contributed by atoms with Crippen LogP contribution in [0.15, 0.2) is 0 Å². The maximum atomic E-state index is 11.0. The predicted octanol–water partition coefficient (Wildman–Crippen LogP) is 1.75. The van der Waals surface area contributed by atoms with Crippen molar-refractivity contribution >= 4 is 5.97 Å². The van der Waals surface area contributed by atoms with Gasteiger partial charge in [0.25, 0.3) is 0 Å². The maximum absolute atomic E-state index is 11.0. The Morgan fingerprint density at radius 2 is 2.31 bits per heavy atom. The molecule has 1 saturated heterocycles. The standard InChI is InChI=1S/C10H18O3/c1-7(2)6-9-8(12-3)4-5-10(11)13-9/h7-9H,4-6H2,1-3H3. The van der Waals surface area contributed by atoms with Crippen LogP contribution in [-0.2, 0) is 14.3 Å². The molecule has 0 aromatic rings. The molecule has 0 aromatic heterocycles. The first kappa shape index (κ1) is 10.5. The summed E-state index contributed by atoms with van der Waals surface area (Å²) in [6.07, 6.45) is 2.25. The van der Waals surface area contributed by atoms with Gasteiger partial charge in [0.1, 0.15) is 6.10 Å². The molecule has 2 unspecified atom stereocenters. The lowest BCUT2D eigenvalue weighted by Gasteiger charge is -2.31. The molecule has 0 saturated carbocycles. The summed E-state index contributed by atoms with van der Waals surface area (Å²) in [7, 11) is 1.68. The molecule has 2 atom stereocenters. The summed E-state index contributed by atoms with van der Waals surface area (Å²) in [4.78, 5) is 11.0. The number of carbonyl (C=O) groups is 1. The van der Waals surface area contributed by atoms with Gasteiger partial charge in [-0.25, -0.2) is 0 Å². The minimum absolute atomic E-state index is 0.0359. The molecule has 1 heterocycles. The molecule has 3 heteroatoms. The zero-order chi connectivity index (χ0) is 9.84. The molecule has 3 nitrogen and oxygen atoms in total. The van der Waals surface area contributed by atoms with E-state index >= 15 is 0 Å². The third kappa shape index (κ3) is 2.99. The molecular weight excluding hydrogens is 168 g/mol. The fourth-order valence-electron chi connectivity index (χ4n) is 1.68. The Balaban J connectivity index is 2.49. The first-order chi connectivity index (χ1) is 6.13. The van der Waals surface area contributed by atoms with Gasteiger partial charge in [0.2, 0.25) is 0 Å². The highest BCUT2D eigenvalue weighted by atomic mass is 16.6. The van der Waals surface area contributed by atoms with Gasteiger partial charge in [-0.2, -0.15) is 0 Å². The topological polar surface area (TPSA) is 35.5 Å². The van der Waals surface area contributed by atoms with Crippen LogP contribution in [0.5, 0.6) is 0 Å². The molecule has 1 fully saturated rings. The molecule has 1 rings (SSSR count). The van der Waals surface area contributed by atoms with Gasteiger partial charge >= 0.3 is 5.97 Å². The Hall–Kier alpha value is -0.570. The molecule has 0 aromatic carbocycles. The van der Waals surface area contributed by atoms with Crippen LogP contribution in [0.2, 0.25) is 0 Å². The first-order valence-electron chi connectivity index (χ1n) is 4.85. The van der Waals surface area contributed by atoms with E-state index < -0.39 is 0 Å². The average molecular weight is 186 g/mol. The lowest BCUT2D eigenvalue weighted by Crippen LogP contribution is -2.38. The highest BCUT2D eigenvalue weighted by Gasteiger charge is 2.30. The van der Waals surface area contributed by atoms with Gasteiger partial charge in [-0.3, -0.25) is 4.79 Å². The Morgan fingerprint density at radius 1 is 1.62 bits per heavy atom. The van der Waals surface area contributed by atoms with Crippen molar-refractivity contribution in [2.24, 2.45) is 5.92 Å². The third-order valence-electron chi connectivity index (χ3n) is 2.34. The van der Waals surface area contributed by atoms with Crippen molar-refractivity contribution in [1.29, 1.82) is 0 Å². The lowest BCUT2D eigenvalue weighted by atomic mass is 9.97. The summed E-state index contributed by atoms with van der Waals surface area (Å²) in [5, 5.41) is 0. The van der Waals surface area contributed by atoms with E-state index in [2.05, 4.69) is 13.8 Å². The SMILES string of the molecule is COC1CCC(=O)OC1CC(C)C. The summed E-state index contributed by atoms with van der Waals surface area (Å²) in [5.41, 5.74) is 0. The number of carbonyl (C=O) groups excluding carboxylic acids is 1.